The van der Waals surface area contributed by atoms with Gasteiger partial charge in [0.1, 0.15) is 5.75 Å². The minimum atomic E-state index is -3.06. The van der Waals surface area contributed by atoms with Crippen molar-refractivity contribution in [3.05, 3.63) is 59.7 Å². The molecule has 7 heteroatoms. The second-order valence-corrected chi connectivity index (χ2v) is 9.98. The van der Waals surface area contributed by atoms with Gasteiger partial charge in [0.15, 0.2) is 15.0 Å². The van der Waals surface area contributed by atoms with Gasteiger partial charge >= 0.3 is 0 Å². The number of methoxy groups -OCH3 is 1. The summed E-state index contributed by atoms with van der Waals surface area (Å²) in [4.78, 5) is 6.86. The molecule has 2 aliphatic heterocycles. The van der Waals surface area contributed by atoms with Crippen LogP contribution in [0.15, 0.2) is 53.5 Å². The van der Waals surface area contributed by atoms with E-state index in [0.29, 0.717) is 0 Å². The van der Waals surface area contributed by atoms with Crippen molar-refractivity contribution in [2.45, 2.75) is 24.8 Å². The van der Waals surface area contributed by atoms with Gasteiger partial charge < -0.3 is 9.64 Å². The molecule has 0 unspecified atom stereocenters. The van der Waals surface area contributed by atoms with Crippen molar-refractivity contribution in [3.8, 4) is 5.75 Å². The van der Waals surface area contributed by atoms with E-state index in [1.54, 1.807) is 18.9 Å². The van der Waals surface area contributed by atoms with Crippen molar-refractivity contribution in [2.24, 2.45) is 4.99 Å². The number of fused-ring (bicyclic) bond motifs is 1. The molecule has 2 atom stereocenters. The van der Waals surface area contributed by atoms with Crippen LogP contribution < -0.4 is 9.64 Å². The number of hydrogen-bond donors (Lipinski definition) is 0. The molecule has 0 aliphatic carbocycles. The molecule has 0 amide bonds. The van der Waals surface area contributed by atoms with Gasteiger partial charge in [0.25, 0.3) is 0 Å². The zero-order valence-corrected chi connectivity index (χ0v) is 17.0. The van der Waals surface area contributed by atoms with Crippen LogP contribution in [0.3, 0.4) is 0 Å². The number of ether oxygens (including phenoxy) is 1. The first kappa shape index (κ1) is 18.4. The number of aryl methyl sites for hydroxylation is 1. The predicted octanol–water partition coefficient (Wildman–Crippen LogP) is 3.28. The van der Waals surface area contributed by atoms with Crippen LogP contribution in [0.25, 0.3) is 0 Å². The average molecular weight is 403 g/mol. The summed E-state index contributed by atoms with van der Waals surface area (Å²) in [6.07, 6.45) is 0. The normalized spacial score (nSPS) is 23.2. The van der Waals surface area contributed by atoms with E-state index >= 15 is 0 Å². The van der Waals surface area contributed by atoms with Gasteiger partial charge in [0.05, 0.1) is 36.4 Å². The zero-order valence-electron chi connectivity index (χ0n) is 15.3. The molecule has 2 aromatic carbocycles. The number of thioether (sulfide) groups is 1. The van der Waals surface area contributed by atoms with E-state index in [1.165, 1.54) is 11.1 Å². The molecule has 142 valence electrons. The Morgan fingerprint density at radius 1 is 1.15 bits per heavy atom. The van der Waals surface area contributed by atoms with Crippen molar-refractivity contribution >= 4 is 32.5 Å². The second kappa shape index (κ2) is 7.20. The number of hydrogen-bond acceptors (Lipinski definition) is 6. The number of benzene rings is 2. The smallest absolute Gasteiger partial charge is 0.164 e. The van der Waals surface area contributed by atoms with E-state index in [-0.39, 0.29) is 23.6 Å². The number of anilines is 1. The molecular weight excluding hydrogens is 380 g/mol. The Labute approximate surface area is 164 Å². The highest BCUT2D eigenvalue weighted by atomic mass is 32.2. The molecule has 0 N–H and O–H groups in total. The van der Waals surface area contributed by atoms with E-state index in [0.717, 1.165) is 22.4 Å². The fourth-order valence-corrected chi connectivity index (χ4v) is 6.69. The van der Waals surface area contributed by atoms with Crippen LogP contribution in [-0.2, 0) is 15.6 Å². The van der Waals surface area contributed by atoms with Crippen LogP contribution in [0, 0.1) is 6.92 Å². The molecule has 2 aliphatic rings. The van der Waals surface area contributed by atoms with E-state index in [4.69, 9.17) is 9.73 Å². The molecule has 4 rings (SSSR count). The molecule has 2 heterocycles. The third-order valence-electron chi connectivity index (χ3n) is 5.07. The van der Waals surface area contributed by atoms with Gasteiger partial charge in [-0.1, -0.05) is 48.2 Å². The molecule has 0 aromatic heterocycles. The maximum Gasteiger partial charge on any atom is 0.164 e. The highest BCUT2D eigenvalue weighted by molar-refractivity contribution is 8.13. The summed E-state index contributed by atoms with van der Waals surface area (Å²) >= 11 is 1.66. The van der Waals surface area contributed by atoms with Crippen LogP contribution in [0.1, 0.15) is 11.1 Å². The van der Waals surface area contributed by atoms with Crippen LogP contribution in [-0.4, -0.2) is 44.3 Å². The Bertz CT molecular complexity index is 988. The van der Waals surface area contributed by atoms with Crippen molar-refractivity contribution < 1.29 is 13.2 Å². The molecule has 1 fully saturated rings. The van der Waals surface area contributed by atoms with E-state index in [2.05, 4.69) is 24.0 Å². The third-order valence-corrected chi connectivity index (χ3v) is 7.78. The van der Waals surface area contributed by atoms with Gasteiger partial charge in [0, 0.05) is 5.75 Å². The predicted molar refractivity (Wildman–Crippen MR) is 112 cm³/mol. The zero-order chi connectivity index (χ0) is 19.0. The lowest BCUT2D eigenvalue weighted by atomic mass is 10.1. The minimum absolute atomic E-state index is 0.123. The number of sulfone groups is 1. The molecule has 0 saturated carbocycles. The highest BCUT2D eigenvalue weighted by Crippen LogP contribution is 2.39. The summed E-state index contributed by atoms with van der Waals surface area (Å²) in [5, 5.41) is 0.868. The third kappa shape index (κ3) is 3.58. The Kier molecular flexibility index (Phi) is 4.90. The Morgan fingerprint density at radius 3 is 2.67 bits per heavy atom. The van der Waals surface area contributed by atoms with Gasteiger partial charge in [-0.25, -0.2) is 8.42 Å². The molecule has 1 saturated heterocycles. The minimum Gasteiger partial charge on any atom is -0.495 e. The number of nitrogens with zero attached hydrogens (tertiary/aromatic N) is 2. The first-order chi connectivity index (χ1) is 13.0. The number of amidine groups is 1. The average Bonchev–Trinajstić information content (AvgIpc) is 3.12. The summed E-state index contributed by atoms with van der Waals surface area (Å²) in [5.74, 6) is 1.78. The van der Waals surface area contributed by atoms with Crippen LogP contribution in [0.5, 0.6) is 5.75 Å². The van der Waals surface area contributed by atoms with Crippen molar-refractivity contribution in [1.29, 1.82) is 0 Å². The van der Waals surface area contributed by atoms with Crippen molar-refractivity contribution in [1.82, 2.24) is 0 Å². The Balaban J connectivity index is 1.67. The van der Waals surface area contributed by atoms with Gasteiger partial charge in [-0.05, 0) is 30.2 Å². The van der Waals surface area contributed by atoms with E-state index < -0.39 is 9.84 Å². The summed E-state index contributed by atoms with van der Waals surface area (Å²) in [6, 6.07) is 15.7. The molecule has 0 radical (unpaired) electrons. The highest BCUT2D eigenvalue weighted by Gasteiger charge is 2.47. The number of para-hydroxylation sites is 2. The molecule has 27 heavy (non-hydrogen) atoms. The first-order valence-electron chi connectivity index (χ1n) is 8.86. The topological polar surface area (TPSA) is 59.0 Å². The summed E-state index contributed by atoms with van der Waals surface area (Å²) < 4.78 is 29.9. The van der Waals surface area contributed by atoms with Crippen molar-refractivity contribution in [2.75, 3.05) is 23.5 Å². The molecule has 5 nitrogen and oxygen atoms in total. The maximum absolute atomic E-state index is 12.2. The number of aliphatic imine (C=N–C) groups is 1. The first-order valence-corrected chi connectivity index (χ1v) is 11.7. The lowest BCUT2D eigenvalue weighted by Crippen LogP contribution is -2.39. The van der Waals surface area contributed by atoms with Crippen LogP contribution in [0.2, 0.25) is 0 Å². The summed E-state index contributed by atoms with van der Waals surface area (Å²) in [7, 11) is -1.43. The lowest BCUT2D eigenvalue weighted by Gasteiger charge is -2.28. The fourth-order valence-electron chi connectivity index (χ4n) is 3.66. The van der Waals surface area contributed by atoms with E-state index in [1.807, 2.05) is 36.4 Å². The Hall–Kier alpha value is -1.99. The molecule has 2 aromatic rings. The Morgan fingerprint density at radius 2 is 1.89 bits per heavy atom. The standard InChI is InChI=1S/C20H22N2O3S2/c1-14-7-3-4-8-15(14)11-26-20-21-16-12-27(23,24)13-18(16)22(20)17-9-5-6-10-19(17)25-2/h3-10,16,18H,11-13H2,1-2H3/t16-,18-/m1/s1. The van der Waals surface area contributed by atoms with Crippen LogP contribution in [0.4, 0.5) is 5.69 Å². The van der Waals surface area contributed by atoms with E-state index in [9.17, 15) is 8.42 Å². The maximum atomic E-state index is 12.2. The molecule has 0 bridgehead atoms. The largest absolute Gasteiger partial charge is 0.495 e. The quantitative estimate of drug-likeness (QED) is 0.786. The van der Waals surface area contributed by atoms with Gasteiger partial charge in [0.2, 0.25) is 0 Å². The van der Waals surface area contributed by atoms with Gasteiger partial charge in [-0.15, -0.1) is 0 Å². The summed E-state index contributed by atoms with van der Waals surface area (Å²) in [6.45, 7) is 2.10. The second-order valence-electron chi connectivity index (χ2n) is 6.88. The van der Waals surface area contributed by atoms with Gasteiger partial charge in [-0.3, -0.25) is 4.99 Å². The monoisotopic (exact) mass is 402 g/mol. The van der Waals surface area contributed by atoms with Crippen molar-refractivity contribution in [3.63, 3.8) is 0 Å². The van der Waals surface area contributed by atoms with Gasteiger partial charge in [-0.2, -0.15) is 0 Å². The van der Waals surface area contributed by atoms with Crippen LogP contribution >= 0.6 is 11.8 Å². The molecule has 0 spiro atoms. The number of rotatable bonds is 4. The summed E-state index contributed by atoms with van der Waals surface area (Å²) in [5.41, 5.74) is 3.38. The lowest BCUT2D eigenvalue weighted by molar-refractivity contribution is 0.415. The SMILES string of the molecule is COc1ccccc1N1C(SCc2ccccc2C)=N[C@@H]2CS(=O)(=O)C[C@H]21. The fraction of sp³-hybridized carbons (Fsp3) is 0.350. The molecular formula is C20H22N2O3S2.